The number of hydrogen-bond acceptors (Lipinski definition) is 4. The highest BCUT2D eigenvalue weighted by molar-refractivity contribution is 7.84. The summed E-state index contributed by atoms with van der Waals surface area (Å²) in [6.45, 7) is 4.81. The summed E-state index contributed by atoms with van der Waals surface area (Å²) in [5.74, 6) is 0.313. The van der Waals surface area contributed by atoms with Crippen LogP contribution in [0.5, 0.6) is 0 Å². The molecule has 0 saturated heterocycles. The van der Waals surface area contributed by atoms with Crippen LogP contribution in [-0.2, 0) is 10.8 Å². The van der Waals surface area contributed by atoms with E-state index in [1.54, 1.807) is 12.3 Å². The van der Waals surface area contributed by atoms with Crippen LogP contribution in [0.2, 0.25) is 5.02 Å². The Hall–Kier alpha value is -1.14. The summed E-state index contributed by atoms with van der Waals surface area (Å²) in [5, 5.41) is 5.93. The van der Waals surface area contributed by atoms with Crippen LogP contribution in [0.3, 0.4) is 0 Å². The molecule has 19 heavy (non-hydrogen) atoms. The molecule has 2 N–H and O–H groups in total. The van der Waals surface area contributed by atoms with Gasteiger partial charge in [-0.1, -0.05) is 11.6 Å². The Balaban J connectivity index is 2.75. The lowest BCUT2D eigenvalue weighted by atomic mass is 10.2. The molecule has 0 aromatic carbocycles. The highest BCUT2D eigenvalue weighted by Crippen LogP contribution is 2.17. The van der Waals surface area contributed by atoms with Crippen LogP contribution in [0.25, 0.3) is 0 Å². The van der Waals surface area contributed by atoms with Crippen LogP contribution in [0.15, 0.2) is 12.3 Å². The van der Waals surface area contributed by atoms with Crippen LogP contribution in [0.4, 0.5) is 5.82 Å². The van der Waals surface area contributed by atoms with E-state index in [-0.39, 0.29) is 11.2 Å². The van der Waals surface area contributed by atoms with Gasteiger partial charge in [0.25, 0.3) is 5.91 Å². The maximum absolute atomic E-state index is 12.0. The first-order valence-corrected chi connectivity index (χ1v) is 7.95. The Labute approximate surface area is 120 Å². The van der Waals surface area contributed by atoms with Crippen LogP contribution in [0.1, 0.15) is 24.2 Å². The van der Waals surface area contributed by atoms with Gasteiger partial charge < -0.3 is 10.6 Å². The van der Waals surface area contributed by atoms with E-state index in [1.807, 2.05) is 13.8 Å². The molecular weight excluding hydrogens is 286 g/mol. The van der Waals surface area contributed by atoms with Crippen molar-refractivity contribution in [3.63, 3.8) is 0 Å². The van der Waals surface area contributed by atoms with Gasteiger partial charge in [0.05, 0.1) is 10.6 Å². The van der Waals surface area contributed by atoms with E-state index >= 15 is 0 Å². The third kappa shape index (κ3) is 4.80. The lowest BCUT2D eigenvalue weighted by Crippen LogP contribution is -2.32. The predicted molar refractivity (Wildman–Crippen MR) is 79.3 cm³/mol. The van der Waals surface area contributed by atoms with Crippen molar-refractivity contribution < 1.29 is 9.00 Å². The van der Waals surface area contributed by atoms with Gasteiger partial charge in [-0.25, -0.2) is 4.98 Å². The minimum Gasteiger partial charge on any atom is -0.370 e. The van der Waals surface area contributed by atoms with Gasteiger partial charge >= 0.3 is 0 Å². The fraction of sp³-hybridized carbons (Fsp3) is 0.500. The summed E-state index contributed by atoms with van der Waals surface area (Å²) in [6.07, 6.45) is 3.05. The standard InChI is InChI=1S/C12H18ClN3O2S/c1-4-14-11-5-9(10(13)7-15-11)12(17)16-6-8(2)19(3)18/h5,7-8H,4,6H2,1-3H3,(H,14,15)(H,16,17). The number of amides is 1. The van der Waals surface area contributed by atoms with Crippen molar-refractivity contribution in [3.8, 4) is 0 Å². The van der Waals surface area contributed by atoms with E-state index in [2.05, 4.69) is 15.6 Å². The summed E-state index contributed by atoms with van der Waals surface area (Å²) in [6, 6.07) is 1.61. The molecule has 5 nitrogen and oxygen atoms in total. The largest absolute Gasteiger partial charge is 0.370 e. The zero-order valence-corrected chi connectivity index (χ0v) is 12.8. The van der Waals surface area contributed by atoms with Gasteiger partial charge in [-0.2, -0.15) is 0 Å². The monoisotopic (exact) mass is 303 g/mol. The minimum atomic E-state index is -0.968. The molecule has 0 fully saturated rings. The summed E-state index contributed by atoms with van der Waals surface area (Å²) >= 11 is 5.96. The number of anilines is 1. The number of carbonyl (C=O) groups is 1. The molecule has 1 aromatic rings. The van der Waals surface area contributed by atoms with E-state index in [0.29, 0.717) is 29.5 Å². The van der Waals surface area contributed by atoms with Gasteiger partial charge in [0.2, 0.25) is 0 Å². The van der Waals surface area contributed by atoms with Crippen LogP contribution in [0, 0.1) is 0 Å². The smallest absolute Gasteiger partial charge is 0.253 e. The minimum absolute atomic E-state index is 0.0993. The molecule has 1 rings (SSSR count). The van der Waals surface area contributed by atoms with Crippen LogP contribution >= 0.6 is 11.6 Å². The molecule has 2 atom stereocenters. The number of nitrogens with one attached hydrogen (secondary N) is 2. The third-order valence-corrected chi connectivity index (χ3v) is 4.18. The number of rotatable bonds is 6. The molecule has 1 amide bonds. The Kier molecular flexibility index (Phi) is 6.24. The molecule has 0 aliphatic rings. The highest BCUT2D eigenvalue weighted by atomic mass is 35.5. The molecule has 0 aliphatic carbocycles. The van der Waals surface area contributed by atoms with Gasteiger partial charge in [-0.3, -0.25) is 9.00 Å². The molecule has 1 heterocycles. The SMILES string of the molecule is CCNc1cc(C(=O)NCC(C)S(C)=O)c(Cl)cn1. The fourth-order valence-corrected chi connectivity index (χ4v) is 1.85. The second-order valence-electron chi connectivity index (χ2n) is 4.10. The first-order valence-electron chi connectivity index (χ1n) is 5.95. The molecule has 1 aromatic heterocycles. The van der Waals surface area contributed by atoms with E-state index in [9.17, 15) is 9.00 Å². The first-order chi connectivity index (χ1) is 8.95. The molecule has 106 valence electrons. The van der Waals surface area contributed by atoms with Gasteiger partial charge in [0, 0.05) is 41.6 Å². The van der Waals surface area contributed by atoms with Crippen LogP contribution < -0.4 is 10.6 Å². The maximum Gasteiger partial charge on any atom is 0.253 e. The second kappa shape index (κ2) is 7.45. The first kappa shape index (κ1) is 15.9. The number of nitrogens with zero attached hydrogens (tertiary/aromatic N) is 1. The van der Waals surface area contributed by atoms with Crippen molar-refractivity contribution in [1.82, 2.24) is 10.3 Å². The number of hydrogen-bond donors (Lipinski definition) is 2. The normalized spacial score (nSPS) is 13.7. The second-order valence-corrected chi connectivity index (χ2v) is 6.31. The Morgan fingerprint density at radius 3 is 2.84 bits per heavy atom. The van der Waals surface area contributed by atoms with Gasteiger partial charge in [0.15, 0.2) is 0 Å². The predicted octanol–water partition coefficient (Wildman–Crippen LogP) is 1.66. The summed E-state index contributed by atoms with van der Waals surface area (Å²) in [5.41, 5.74) is 0.363. The van der Waals surface area contributed by atoms with Gasteiger partial charge in [-0.05, 0) is 19.9 Å². The molecule has 2 unspecified atom stereocenters. The third-order valence-electron chi connectivity index (χ3n) is 2.57. The van der Waals surface area contributed by atoms with Crippen molar-refractivity contribution in [2.45, 2.75) is 19.1 Å². The molecule has 0 radical (unpaired) electrons. The zero-order chi connectivity index (χ0) is 14.4. The number of carbonyl (C=O) groups excluding carboxylic acids is 1. The summed E-state index contributed by atoms with van der Waals surface area (Å²) < 4.78 is 11.2. The van der Waals surface area contributed by atoms with Gasteiger partial charge in [-0.15, -0.1) is 0 Å². The summed E-state index contributed by atoms with van der Waals surface area (Å²) in [4.78, 5) is 16.1. The van der Waals surface area contributed by atoms with E-state index in [4.69, 9.17) is 11.6 Å². The quantitative estimate of drug-likeness (QED) is 0.838. The lowest BCUT2D eigenvalue weighted by Gasteiger charge is -2.11. The van der Waals surface area contributed by atoms with Crippen molar-refractivity contribution in [1.29, 1.82) is 0 Å². The Bertz CT molecular complexity index is 482. The van der Waals surface area contributed by atoms with Crippen LogP contribution in [-0.4, -0.2) is 39.7 Å². The van der Waals surface area contributed by atoms with E-state index in [1.165, 1.54) is 6.20 Å². The van der Waals surface area contributed by atoms with Crippen molar-refractivity contribution in [2.24, 2.45) is 0 Å². The number of halogens is 1. The topological polar surface area (TPSA) is 71.1 Å². The summed E-state index contributed by atoms with van der Waals surface area (Å²) in [7, 11) is -0.968. The Morgan fingerprint density at radius 1 is 1.58 bits per heavy atom. The molecule has 0 aliphatic heterocycles. The average molecular weight is 304 g/mol. The van der Waals surface area contributed by atoms with E-state index in [0.717, 1.165) is 0 Å². The van der Waals surface area contributed by atoms with Crippen molar-refractivity contribution in [2.75, 3.05) is 24.7 Å². The zero-order valence-electron chi connectivity index (χ0n) is 11.2. The van der Waals surface area contributed by atoms with Gasteiger partial charge in [0.1, 0.15) is 5.82 Å². The molecule has 0 saturated carbocycles. The van der Waals surface area contributed by atoms with Crippen molar-refractivity contribution >= 4 is 34.1 Å². The van der Waals surface area contributed by atoms with E-state index < -0.39 is 10.8 Å². The number of aromatic nitrogens is 1. The highest BCUT2D eigenvalue weighted by Gasteiger charge is 2.14. The molecular formula is C12H18ClN3O2S. The maximum atomic E-state index is 12.0. The lowest BCUT2D eigenvalue weighted by molar-refractivity contribution is 0.0954. The number of pyridine rings is 1. The average Bonchev–Trinajstić information content (AvgIpc) is 2.37. The molecule has 0 bridgehead atoms. The Morgan fingerprint density at radius 2 is 2.26 bits per heavy atom. The van der Waals surface area contributed by atoms with Crippen molar-refractivity contribution in [3.05, 3.63) is 22.8 Å². The molecule has 7 heteroatoms. The fourth-order valence-electron chi connectivity index (χ4n) is 1.34. The molecule has 0 spiro atoms.